The van der Waals surface area contributed by atoms with Gasteiger partial charge >= 0.3 is 0 Å². The summed E-state index contributed by atoms with van der Waals surface area (Å²) in [5.41, 5.74) is 2.05. The van der Waals surface area contributed by atoms with Gasteiger partial charge in [-0.25, -0.2) is 0 Å². The number of aryl methyl sites for hydroxylation is 1. The van der Waals surface area contributed by atoms with Crippen molar-refractivity contribution in [2.24, 2.45) is 0 Å². The minimum absolute atomic E-state index is 0.182. The van der Waals surface area contributed by atoms with Crippen molar-refractivity contribution in [2.45, 2.75) is 25.7 Å². The highest BCUT2D eigenvalue weighted by Crippen LogP contribution is 2.27. The monoisotopic (exact) mass is 274 g/mol. The molecule has 1 aliphatic rings. The zero-order chi connectivity index (χ0) is 13.1. The van der Waals surface area contributed by atoms with Gasteiger partial charge in [-0.15, -0.1) is 11.3 Å². The number of rotatable bonds is 3. The topological polar surface area (TPSA) is 55.1 Å². The van der Waals surface area contributed by atoms with Gasteiger partial charge in [0.1, 0.15) is 0 Å². The number of carbonyl (C=O) groups is 1. The Labute approximate surface area is 115 Å². The van der Waals surface area contributed by atoms with Crippen molar-refractivity contribution in [3.63, 3.8) is 0 Å². The quantitative estimate of drug-likeness (QED) is 0.874. The number of anilines is 1. The van der Waals surface area contributed by atoms with Gasteiger partial charge < -0.3 is 4.52 Å². The van der Waals surface area contributed by atoms with Crippen LogP contribution < -0.4 is 5.32 Å². The molecular weight excluding hydrogens is 260 g/mol. The molecule has 0 unspecified atom stereocenters. The number of hydrogen-bond acceptors (Lipinski definition) is 4. The fraction of sp³-hybridized carbons (Fsp3) is 0.286. The summed E-state index contributed by atoms with van der Waals surface area (Å²) < 4.78 is 5.21. The average Bonchev–Trinajstić information content (AvgIpc) is 3.07. The van der Waals surface area contributed by atoms with Crippen molar-refractivity contribution in [3.8, 4) is 0 Å². The van der Waals surface area contributed by atoms with E-state index < -0.39 is 0 Å². The van der Waals surface area contributed by atoms with Crippen molar-refractivity contribution < 1.29 is 9.32 Å². The lowest BCUT2D eigenvalue weighted by atomic mass is 9.98. The molecule has 0 saturated carbocycles. The summed E-state index contributed by atoms with van der Waals surface area (Å²) in [7, 11) is 0. The third-order valence-corrected chi connectivity index (χ3v) is 3.98. The molecule has 0 spiro atoms. The zero-order valence-electron chi connectivity index (χ0n) is 10.4. The normalized spacial score (nSPS) is 14.5. The molecule has 4 nitrogen and oxygen atoms in total. The Balaban J connectivity index is 1.68. The number of aromatic nitrogens is 1. The van der Waals surface area contributed by atoms with E-state index in [4.69, 9.17) is 4.52 Å². The summed E-state index contributed by atoms with van der Waals surface area (Å²) in [5.74, 6) is 0.327. The first kappa shape index (κ1) is 12.2. The highest BCUT2D eigenvalue weighted by molar-refractivity contribution is 7.10. The first-order chi connectivity index (χ1) is 9.33. The summed E-state index contributed by atoms with van der Waals surface area (Å²) in [4.78, 5) is 12.9. The van der Waals surface area contributed by atoms with E-state index in [9.17, 15) is 4.79 Å². The molecule has 1 aliphatic carbocycles. The fourth-order valence-corrected chi connectivity index (χ4v) is 2.80. The zero-order valence-corrected chi connectivity index (χ0v) is 11.2. The van der Waals surface area contributed by atoms with Crippen LogP contribution in [0.4, 0.5) is 5.88 Å². The molecule has 0 aromatic carbocycles. The van der Waals surface area contributed by atoms with E-state index in [1.54, 1.807) is 17.4 Å². The first-order valence-electron chi connectivity index (χ1n) is 6.33. The van der Waals surface area contributed by atoms with Crippen LogP contribution in [0.3, 0.4) is 0 Å². The summed E-state index contributed by atoms with van der Waals surface area (Å²) in [5, 5.41) is 8.75. The van der Waals surface area contributed by atoms with Gasteiger partial charge in [0.2, 0.25) is 5.88 Å². The molecule has 2 aromatic heterocycles. The van der Waals surface area contributed by atoms with Gasteiger partial charge in [-0.2, -0.15) is 0 Å². The second kappa shape index (κ2) is 5.40. The number of nitrogens with one attached hydrogen (secondary N) is 1. The Morgan fingerprint density at radius 2 is 2.32 bits per heavy atom. The summed E-state index contributed by atoms with van der Waals surface area (Å²) in [6.07, 6.45) is 7.46. The Bertz CT molecular complexity index is 599. The lowest BCUT2D eigenvalue weighted by molar-refractivity contribution is -0.112. The molecule has 19 heavy (non-hydrogen) atoms. The number of nitrogens with zero attached hydrogens (tertiary/aromatic N) is 1. The second-order valence-corrected chi connectivity index (χ2v) is 5.46. The Kier molecular flexibility index (Phi) is 3.46. The van der Waals surface area contributed by atoms with Crippen LogP contribution >= 0.6 is 11.3 Å². The van der Waals surface area contributed by atoms with Crippen LogP contribution in [0.15, 0.2) is 28.1 Å². The average molecular weight is 274 g/mol. The second-order valence-electron chi connectivity index (χ2n) is 4.48. The van der Waals surface area contributed by atoms with Crippen LogP contribution in [0.1, 0.15) is 29.0 Å². The van der Waals surface area contributed by atoms with Crippen molar-refractivity contribution >= 4 is 29.2 Å². The number of carbonyl (C=O) groups excluding carboxylic acids is 1. The fourth-order valence-electron chi connectivity index (χ4n) is 2.19. The van der Waals surface area contributed by atoms with Crippen molar-refractivity contribution in [1.29, 1.82) is 0 Å². The lowest BCUT2D eigenvalue weighted by Crippen LogP contribution is -2.10. The van der Waals surface area contributed by atoms with E-state index in [2.05, 4.69) is 10.5 Å². The lowest BCUT2D eigenvalue weighted by Gasteiger charge is -2.08. The molecule has 0 radical (unpaired) electrons. The molecule has 0 aliphatic heterocycles. The van der Waals surface area contributed by atoms with E-state index in [-0.39, 0.29) is 5.91 Å². The molecular formula is C14H14N2O2S. The number of thiophene rings is 1. The van der Waals surface area contributed by atoms with Crippen LogP contribution in [-0.4, -0.2) is 11.1 Å². The van der Waals surface area contributed by atoms with E-state index in [0.717, 1.165) is 41.8 Å². The maximum atomic E-state index is 11.8. The maximum Gasteiger partial charge on any atom is 0.250 e. The van der Waals surface area contributed by atoms with Gasteiger partial charge in [0.05, 0.1) is 5.69 Å². The SMILES string of the molecule is O=C(/C=C/c1cccs1)Nc1onc2c1CCCC2. The standard InChI is InChI=1S/C14H14N2O2S/c17-13(8-7-10-4-3-9-19-10)15-14-11-5-1-2-6-12(11)16-18-14/h3-4,7-9H,1-2,5-6H2,(H,15,17)/b8-7+. The van der Waals surface area contributed by atoms with Gasteiger partial charge in [0, 0.05) is 16.5 Å². The van der Waals surface area contributed by atoms with E-state index >= 15 is 0 Å². The molecule has 1 N–H and O–H groups in total. The van der Waals surface area contributed by atoms with Gasteiger partial charge in [0.15, 0.2) is 0 Å². The highest BCUT2D eigenvalue weighted by Gasteiger charge is 2.19. The van der Waals surface area contributed by atoms with Crippen LogP contribution in [0.5, 0.6) is 0 Å². The van der Waals surface area contributed by atoms with Crippen molar-refractivity contribution in [1.82, 2.24) is 5.16 Å². The molecule has 5 heteroatoms. The van der Waals surface area contributed by atoms with E-state index in [1.165, 1.54) is 6.08 Å². The van der Waals surface area contributed by atoms with Crippen LogP contribution in [0, 0.1) is 0 Å². The Morgan fingerprint density at radius 1 is 1.42 bits per heavy atom. The van der Waals surface area contributed by atoms with Gasteiger partial charge in [0.25, 0.3) is 5.91 Å². The number of amides is 1. The molecule has 0 bridgehead atoms. The van der Waals surface area contributed by atoms with Crippen LogP contribution in [0.25, 0.3) is 6.08 Å². The Morgan fingerprint density at radius 3 is 3.16 bits per heavy atom. The van der Waals surface area contributed by atoms with Gasteiger partial charge in [-0.1, -0.05) is 11.2 Å². The molecule has 1 amide bonds. The first-order valence-corrected chi connectivity index (χ1v) is 7.21. The van der Waals surface area contributed by atoms with Gasteiger partial charge in [-0.05, 0) is 43.2 Å². The maximum absolute atomic E-state index is 11.8. The predicted octanol–water partition coefficient (Wildman–Crippen LogP) is 3.27. The Hall–Kier alpha value is -1.88. The minimum Gasteiger partial charge on any atom is -0.338 e. The summed E-state index contributed by atoms with van der Waals surface area (Å²) >= 11 is 1.59. The molecule has 2 aromatic rings. The highest BCUT2D eigenvalue weighted by atomic mass is 32.1. The molecule has 0 saturated heterocycles. The minimum atomic E-state index is -0.182. The van der Waals surface area contributed by atoms with Gasteiger partial charge in [-0.3, -0.25) is 10.1 Å². The van der Waals surface area contributed by atoms with Crippen molar-refractivity contribution in [3.05, 3.63) is 39.7 Å². The predicted molar refractivity (Wildman–Crippen MR) is 75.1 cm³/mol. The summed E-state index contributed by atoms with van der Waals surface area (Å²) in [6.45, 7) is 0. The molecule has 3 rings (SSSR count). The smallest absolute Gasteiger partial charge is 0.250 e. The number of fused-ring (bicyclic) bond motifs is 1. The van der Waals surface area contributed by atoms with Crippen LogP contribution in [0.2, 0.25) is 0 Å². The molecule has 0 fully saturated rings. The third kappa shape index (κ3) is 2.76. The summed E-state index contributed by atoms with van der Waals surface area (Å²) in [6, 6.07) is 3.92. The molecule has 0 atom stereocenters. The van der Waals surface area contributed by atoms with Crippen molar-refractivity contribution in [2.75, 3.05) is 5.32 Å². The number of hydrogen-bond donors (Lipinski definition) is 1. The van der Waals surface area contributed by atoms with E-state index in [1.807, 2.05) is 17.5 Å². The van der Waals surface area contributed by atoms with Crippen LogP contribution in [-0.2, 0) is 17.6 Å². The molecule has 98 valence electrons. The third-order valence-electron chi connectivity index (χ3n) is 3.14. The van der Waals surface area contributed by atoms with E-state index in [0.29, 0.717) is 5.88 Å². The largest absolute Gasteiger partial charge is 0.338 e. The molecule has 2 heterocycles.